The number of halogens is 3. The number of piperazine rings is 2. The van der Waals surface area contributed by atoms with Crippen molar-refractivity contribution in [1.29, 1.82) is 0 Å². The summed E-state index contributed by atoms with van der Waals surface area (Å²) in [5.74, 6) is 0.0557. The van der Waals surface area contributed by atoms with Crippen LogP contribution in [-0.4, -0.2) is 98.4 Å². The number of nitrogens with two attached hydrogens (primary N) is 2. The number of aromatic amines is 1. The van der Waals surface area contributed by atoms with Gasteiger partial charge in [0.05, 0.1) is 16.9 Å². The van der Waals surface area contributed by atoms with Gasteiger partial charge in [-0.1, -0.05) is 12.1 Å². The second-order valence-electron chi connectivity index (χ2n) is 9.37. The molecule has 2 aliphatic rings. The Morgan fingerprint density at radius 2 is 1.33 bits per heavy atom. The van der Waals surface area contributed by atoms with E-state index in [0.29, 0.717) is 41.6 Å². The van der Waals surface area contributed by atoms with E-state index in [2.05, 4.69) is 30.4 Å². The predicted molar refractivity (Wildman–Crippen MR) is 146 cm³/mol. The first kappa shape index (κ1) is 28.7. The molecular weight excluding hydrogens is 513 g/mol. The Labute approximate surface area is 225 Å². The Morgan fingerprint density at radius 3 is 1.92 bits per heavy atom. The molecule has 0 radical (unpaired) electrons. The van der Waals surface area contributed by atoms with Gasteiger partial charge in [-0.2, -0.15) is 13.2 Å². The van der Waals surface area contributed by atoms with Gasteiger partial charge in [-0.05, 0) is 24.3 Å². The summed E-state index contributed by atoms with van der Waals surface area (Å²) < 4.78 is 49.4. The summed E-state index contributed by atoms with van der Waals surface area (Å²) in [5, 5.41) is 6.58. The number of para-hydroxylation sites is 2. The fourth-order valence-corrected chi connectivity index (χ4v) is 4.38. The Balaban J connectivity index is 0.000000187. The fraction of sp³-hybridized carbons (Fsp3) is 0.500. The van der Waals surface area contributed by atoms with E-state index in [-0.39, 0.29) is 5.52 Å². The van der Waals surface area contributed by atoms with Crippen molar-refractivity contribution in [3.63, 3.8) is 0 Å². The van der Waals surface area contributed by atoms with Gasteiger partial charge in [0.25, 0.3) is 0 Å². The number of imidazole rings is 1. The van der Waals surface area contributed by atoms with E-state index in [1.807, 2.05) is 12.1 Å². The molecule has 7 N–H and O–H groups in total. The summed E-state index contributed by atoms with van der Waals surface area (Å²) in [6.07, 6.45) is -4.49. The summed E-state index contributed by atoms with van der Waals surface area (Å²) in [6, 6.07) is 10.3. The van der Waals surface area contributed by atoms with Gasteiger partial charge in [-0.15, -0.1) is 0 Å². The zero-order chi connectivity index (χ0) is 27.7. The third kappa shape index (κ3) is 8.36. The molecule has 5 rings (SSSR count). The molecule has 2 fully saturated rings. The predicted octanol–water partition coefficient (Wildman–Crippen LogP) is 2.00. The summed E-state index contributed by atoms with van der Waals surface area (Å²) in [4.78, 5) is 10.5. The maximum absolute atomic E-state index is 12.7. The molecule has 0 bridgehead atoms. The number of hydrogen-bond acceptors (Lipinski definition) is 9. The number of fused-ring (bicyclic) bond motifs is 1. The van der Waals surface area contributed by atoms with Crippen LogP contribution >= 0.6 is 0 Å². The van der Waals surface area contributed by atoms with E-state index in [1.165, 1.54) is 0 Å². The topological polar surface area (TPSA) is 130 Å². The van der Waals surface area contributed by atoms with Crippen molar-refractivity contribution in [3.05, 3.63) is 42.2 Å². The molecule has 214 valence electrons. The lowest BCUT2D eigenvalue weighted by Gasteiger charge is -2.27. The highest BCUT2D eigenvalue weighted by Crippen LogP contribution is 2.31. The van der Waals surface area contributed by atoms with Crippen LogP contribution < -0.4 is 31.6 Å². The van der Waals surface area contributed by atoms with Crippen LogP contribution in [0.5, 0.6) is 11.5 Å². The van der Waals surface area contributed by atoms with E-state index in [1.54, 1.807) is 24.3 Å². The molecule has 0 aliphatic carbocycles. The average molecular weight is 551 g/mol. The number of rotatable bonds is 8. The average Bonchev–Trinajstić information content (AvgIpc) is 3.39. The van der Waals surface area contributed by atoms with Crippen molar-refractivity contribution < 1.29 is 22.6 Å². The highest BCUT2D eigenvalue weighted by molar-refractivity contribution is 5.81. The SMILES string of the molecule is FC(F)(F)c1nc2c(OCCN3CCNCC3)cccc2[nH]1.Nc1cccc(OCCN2CCNCC2)c1N. The van der Waals surface area contributed by atoms with Crippen LogP contribution in [0.15, 0.2) is 36.4 Å². The molecule has 39 heavy (non-hydrogen) atoms. The number of ether oxygens (including phenoxy) is 2. The lowest BCUT2D eigenvalue weighted by molar-refractivity contribution is -0.144. The normalized spacial score (nSPS) is 17.0. The van der Waals surface area contributed by atoms with Gasteiger partial charge < -0.3 is 36.6 Å². The number of anilines is 2. The number of H-pyrrole nitrogens is 1. The van der Waals surface area contributed by atoms with Gasteiger partial charge in [0, 0.05) is 65.4 Å². The van der Waals surface area contributed by atoms with E-state index < -0.39 is 12.0 Å². The van der Waals surface area contributed by atoms with Gasteiger partial charge >= 0.3 is 6.18 Å². The second-order valence-corrected chi connectivity index (χ2v) is 9.37. The monoisotopic (exact) mass is 550 g/mol. The van der Waals surface area contributed by atoms with E-state index >= 15 is 0 Å². The third-order valence-electron chi connectivity index (χ3n) is 6.59. The standard InChI is InChI=1S/C14H17F3N4O.C12H20N4O/c15-14(16,17)13-19-10-2-1-3-11(12(10)20-13)22-9-8-21-6-4-18-5-7-21;13-10-2-1-3-11(12(10)14)17-9-8-16-6-4-15-5-7-16/h1-3,18H,4-9H2,(H,19,20);1-3,15H,4-9,13-14H2. The number of alkyl halides is 3. The number of nitrogens with zero attached hydrogens (tertiary/aromatic N) is 3. The molecule has 1 aromatic heterocycles. The van der Waals surface area contributed by atoms with Crippen LogP contribution in [-0.2, 0) is 6.18 Å². The maximum Gasteiger partial charge on any atom is 0.449 e. The summed E-state index contributed by atoms with van der Waals surface area (Å²) in [6.45, 7) is 10.8. The van der Waals surface area contributed by atoms with Gasteiger partial charge in [0.2, 0.25) is 5.82 Å². The van der Waals surface area contributed by atoms with Crippen LogP contribution in [0.2, 0.25) is 0 Å². The molecule has 10 nitrogen and oxygen atoms in total. The highest BCUT2D eigenvalue weighted by Gasteiger charge is 2.35. The molecule has 2 aromatic carbocycles. The van der Waals surface area contributed by atoms with Crippen molar-refractivity contribution in [2.24, 2.45) is 0 Å². The zero-order valence-corrected chi connectivity index (χ0v) is 21.9. The van der Waals surface area contributed by atoms with Gasteiger partial charge in [0.1, 0.15) is 30.2 Å². The minimum Gasteiger partial charge on any atom is -0.490 e. The van der Waals surface area contributed by atoms with Crippen molar-refractivity contribution in [1.82, 2.24) is 30.4 Å². The summed E-state index contributed by atoms with van der Waals surface area (Å²) in [5.41, 5.74) is 13.2. The first-order valence-electron chi connectivity index (χ1n) is 13.1. The minimum absolute atomic E-state index is 0.218. The van der Waals surface area contributed by atoms with Crippen molar-refractivity contribution in [2.45, 2.75) is 6.18 Å². The summed E-state index contributed by atoms with van der Waals surface area (Å²) in [7, 11) is 0. The van der Waals surface area contributed by atoms with Crippen LogP contribution in [0.25, 0.3) is 11.0 Å². The third-order valence-corrected chi connectivity index (χ3v) is 6.59. The maximum atomic E-state index is 12.7. The first-order chi connectivity index (χ1) is 18.8. The molecule has 2 saturated heterocycles. The lowest BCUT2D eigenvalue weighted by Crippen LogP contribution is -2.44. The molecule has 0 saturated carbocycles. The van der Waals surface area contributed by atoms with Crippen molar-refractivity contribution in [2.75, 3.05) is 90.1 Å². The second kappa shape index (κ2) is 13.7. The van der Waals surface area contributed by atoms with E-state index in [0.717, 1.165) is 65.4 Å². The van der Waals surface area contributed by atoms with Crippen LogP contribution in [0.4, 0.5) is 24.5 Å². The highest BCUT2D eigenvalue weighted by atomic mass is 19.4. The smallest absolute Gasteiger partial charge is 0.449 e. The number of nitrogens with one attached hydrogen (secondary N) is 3. The largest absolute Gasteiger partial charge is 0.490 e. The molecule has 0 amide bonds. The molecular formula is C26H37F3N8O2. The molecule has 0 unspecified atom stereocenters. The lowest BCUT2D eigenvalue weighted by atomic mass is 10.2. The quantitative estimate of drug-likeness (QED) is 0.268. The minimum atomic E-state index is -4.49. The van der Waals surface area contributed by atoms with Crippen LogP contribution in [0.1, 0.15) is 5.82 Å². The van der Waals surface area contributed by atoms with Gasteiger partial charge in [0.15, 0.2) is 0 Å². The van der Waals surface area contributed by atoms with Crippen molar-refractivity contribution in [3.8, 4) is 11.5 Å². The van der Waals surface area contributed by atoms with Gasteiger partial charge in [-0.25, -0.2) is 4.98 Å². The Hall–Kier alpha value is -3.26. The Kier molecular flexibility index (Phi) is 10.1. The number of aromatic nitrogens is 2. The van der Waals surface area contributed by atoms with Crippen molar-refractivity contribution >= 4 is 22.4 Å². The van der Waals surface area contributed by atoms with Crippen LogP contribution in [0, 0.1) is 0 Å². The van der Waals surface area contributed by atoms with Gasteiger partial charge in [-0.3, -0.25) is 9.80 Å². The van der Waals surface area contributed by atoms with E-state index in [4.69, 9.17) is 20.9 Å². The molecule has 0 spiro atoms. The molecule has 3 heterocycles. The number of hydrogen-bond donors (Lipinski definition) is 5. The first-order valence-corrected chi connectivity index (χ1v) is 13.1. The Bertz CT molecular complexity index is 1180. The number of benzene rings is 2. The molecule has 0 atom stereocenters. The van der Waals surface area contributed by atoms with E-state index in [9.17, 15) is 13.2 Å². The fourth-order valence-electron chi connectivity index (χ4n) is 4.38. The Morgan fingerprint density at radius 1 is 0.795 bits per heavy atom. The molecule has 2 aliphatic heterocycles. The molecule has 3 aromatic rings. The summed E-state index contributed by atoms with van der Waals surface area (Å²) >= 11 is 0. The zero-order valence-electron chi connectivity index (χ0n) is 21.9. The molecule has 13 heteroatoms. The van der Waals surface area contributed by atoms with Crippen LogP contribution in [0.3, 0.4) is 0 Å². The number of nitrogen functional groups attached to an aromatic ring is 2.